The molecule has 2 aliphatic heterocycles. The van der Waals surface area contributed by atoms with E-state index in [0.717, 1.165) is 11.4 Å². The summed E-state index contributed by atoms with van der Waals surface area (Å²) >= 11 is 105. The van der Waals surface area contributed by atoms with Crippen LogP contribution >= 0.6 is 791 Å². The molecule has 3 aliphatic carbocycles. The molecule has 1 aromatic heterocycles. The van der Waals surface area contributed by atoms with Crippen molar-refractivity contribution in [1.82, 2.24) is 4.57 Å². The van der Waals surface area contributed by atoms with Crippen LogP contribution in [0.4, 0.5) is 22.7 Å². The van der Waals surface area contributed by atoms with Crippen molar-refractivity contribution < 1.29 is 0 Å². The molecule has 0 radical (unpaired) electrons. The third kappa shape index (κ3) is 40.0. The molecule has 135 heavy (non-hydrogen) atoms. The molecule has 3 heterocycles. The quantitative estimate of drug-likeness (QED) is 0.0416. The molecule has 2 fully saturated rings. The van der Waals surface area contributed by atoms with Gasteiger partial charge in [-0.1, -0.05) is 214 Å². The van der Waals surface area contributed by atoms with Crippen LogP contribution in [0.5, 0.6) is 0 Å². The van der Waals surface area contributed by atoms with E-state index in [-0.39, 0.29) is 32.7 Å². The number of halogens is 59. The summed E-state index contributed by atoms with van der Waals surface area (Å²) in [5, 5.41) is 3.45. The smallest absolute Gasteiger partial charge is 0.00135 e. The molecule has 4 atom stereocenters. The van der Waals surface area contributed by atoms with Crippen LogP contribution in [0.25, 0.3) is 38.6 Å². The fourth-order valence-electron chi connectivity index (χ4n) is 15.7. The van der Waals surface area contributed by atoms with Crippen LogP contribution in [0.15, 0.2) is 182 Å². The molecule has 3 nitrogen and oxygen atoms in total. The Morgan fingerprint density at radius 2 is 0.511 bits per heavy atom. The van der Waals surface area contributed by atoms with Crippen LogP contribution in [-0.2, 0) is 28.1 Å². The van der Waals surface area contributed by atoms with Gasteiger partial charge in [-0.3, -0.25) is 0 Å². The molecule has 62 heteroatoms. The van der Waals surface area contributed by atoms with E-state index in [1.165, 1.54) is 146 Å². The number of rotatable bonds is 30. The molecule has 798 valence electrons. The number of benzene rings is 8. The van der Waals surface area contributed by atoms with Crippen molar-refractivity contribution in [3.63, 3.8) is 0 Å². The molecule has 14 rings (SSSR count). The SMILES string of the molecule is CC(C)(C)c1cc(Cl)cc(N2c3ccccc3C3(C)CCCCC23C)c1.CC(C)(C)c1cc(N2c3ccccc3C3(C)CCCCC23C)cc(-n2c3ccccc3c3ccccc32)c1.II(I)I(I)I(I)I(I)I(I)I(I)I(I)I(I)I(I)I(I)I(I)I(I)I(I)I(I)I(I)I(I)I(I)I(I)I(I)I(I)I(I)I(I)I(I)I(I)I(I)I(I)I(I)I(I)I.c1ccc2c(c1)Cc1ccccc1-2. The van der Waals surface area contributed by atoms with Gasteiger partial charge in [-0.15, -0.1) is 0 Å². The van der Waals surface area contributed by atoms with Gasteiger partial charge in [0.05, 0.1) is 22.1 Å². The molecule has 0 bridgehead atoms. The molecule has 2 saturated carbocycles. The second-order valence-electron chi connectivity index (χ2n) is 30.7. The van der Waals surface area contributed by atoms with E-state index >= 15 is 0 Å². The monoisotopic (exact) mass is 8390 g/mol. The van der Waals surface area contributed by atoms with Crippen molar-refractivity contribution >= 4 is 836 Å². The molecule has 0 saturated heterocycles. The summed E-state index contributed by atoms with van der Waals surface area (Å²) in [4.78, 5) is 5.32. The average molecular weight is 8390 g/mol. The van der Waals surface area contributed by atoms with Gasteiger partial charge in [0.15, 0.2) is 0 Å². The van der Waals surface area contributed by atoms with Crippen molar-refractivity contribution in [2.75, 3.05) is 9.80 Å². The van der Waals surface area contributed by atoms with E-state index in [1.54, 1.807) is 0 Å². The van der Waals surface area contributed by atoms with Gasteiger partial charge in [0, 0.05) is 55.1 Å². The number of anilines is 4. The summed E-state index contributed by atoms with van der Waals surface area (Å²) in [5.41, 5.74) is 21.1. The minimum atomic E-state index is -0.598. The first-order valence-electron chi connectivity index (χ1n) is 36.9. The van der Waals surface area contributed by atoms with Crippen molar-refractivity contribution in [2.45, 2.75) is 160 Å². The fourth-order valence-corrected chi connectivity index (χ4v) is 10900. The molecule has 5 aliphatic rings. The number of fused-ring (bicyclic) bond motifs is 12. The second kappa shape index (κ2) is 72.8. The Morgan fingerprint density at radius 1 is 0.267 bits per heavy atom. The van der Waals surface area contributed by atoms with Crippen molar-refractivity contribution in [1.29, 1.82) is 0 Å². The van der Waals surface area contributed by atoms with Gasteiger partial charge in [-0.25, -0.2) is 0 Å². The molecule has 0 N–H and O–H groups in total. The Hall–Kier alpha value is 35.8. The summed E-state index contributed by atoms with van der Waals surface area (Å²) in [5.74, 6) is 0. The predicted octanol–water partition coefficient (Wildman–Crippen LogP) is 71.8. The average Bonchev–Trinajstić information content (AvgIpc) is 1.54. The molecule has 0 amide bonds. The molecular weight excluding hydrogens is 8310 g/mol. The van der Waals surface area contributed by atoms with Crippen LogP contribution in [0.2, 0.25) is 5.02 Å². The van der Waals surface area contributed by atoms with Crippen LogP contribution in [-0.4, -0.2) is 15.6 Å². The van der Waals surface area contributed by atoms with E-state index in [4.69, 9.17) is 11.6 Å². The van der Waals surface area contributed by atoms with E-state index in [0.29, 0.717) is 0 Å². The largest absolute Gasteiger partial charge is 0.0619 e. The Balaban J connectivity index is 0.000000191. The van der Waals surface area contributed by atoms with E-state index in [1.807, 2.05) is 0 Å². The third-order valence-electron chi connectivity index (χ3n) is 21.8. The van der Waals surface area contributed by atoms with Crippen LogP contribution in [0.1, 0.15) is 154 Å². The number of para-hydroxylation sites is 4. The van der Waals surface area contributed by atoms with Gasteiger partial charge in [-0.2, -0.15) is 0 Å². The van der Waals surface area contributed by atoms with Crippen LogP contribution < -0.4 is 9.80 Å². The van der Waals surface area contributed by atoms with Crippen molar-refractivity contribution in [2.24, 2.45) is 0 Å². The molecule has 4 unspecified atom stereocenters. The molecular formula is C73H78ClI58N3. The Bertz CT molecular complexity index is 5280. The Labute approximate surface area is 1200 Å². The first kappa shape index (κ1) is 151. The Kier molecular flexibility index (Phi) is 81.2. The summed E-state index contributed by atoms with van der Waals surface area (Å²) in [7, 11) is -15.5. The van der Waals surface area contributed by atoms with Gasteiger partial charge in [0.2, 0.25) is 0 Å². The standard InChI is InChI=1S/C36H38N2.C24H30ClN.C13H10.I58/c1-34(2,3)25-22-26(37-31-17-9-6-14-28(31)29-15-7-10-18-32(29)37)24-27(23-25)38-33-19-11-8-16-30(33)35(4)20-12-13-21-36(35,38)5;1-22(2,3)17-14-18(25)16-19(15-17)26-21-11-7-6-10-20(21)23(4)12-8-9-13-24(23,26)5;1-3-7-12-10(5-1)9-11-6-2-4-8-13(11)12;1-31(2)33(5)35(7)37(9)39(11)41(13)43(15)45(17)47(19)49(21)51(23)53(25)55(27)57(29)58(30)56(28)54(26)52(24)50(22)48(20)46(18)44(16)42(14)40(12)38(10)36(8)34(6)32(3)4/h6-11,14-19,22-24H,12-13,20-21H2,1-5H3;6-7,10-11,14-16H,8-9,12-13H2,1-5H3;1-8H,9H2;. The number of hydrogen-bond donors (Lipinski definition) is 0. The van der Waals surface area contributed by atoms with Crippen LogP contribution in [0.3, 0.4) is 0 Å². The van der Waals surface area contributed by atoms with Gasteiger partial charge >= 0.3 is 780 Å². The maximum Gasteiger partial charge on any atom is -0.00135 e. The van der Waals surface area contributed by atoms with E-state index in [9.17, 15) is 0 Å². The zero-order valence-corrected chi connectivity index (χ0v) is 195. The van der Waals surface area contributed by atoms with Gasteiger partial charge in [0.25, 0.3) is 0 Å². The molecule has 8 aromatic carbocycles. The van der Waals surface area contributed by atoms with Crippen molar-refractivity contribution in [3.05, 3.63) is 220 Å². The number of aromatic nitrogens is 1. The maximum absolute atomic E-state index is 6.59. The first-order chi connectivity index (χ1) is 63.2. The van der Waals surface area contributed by atoms with Crippen molar-refractivity contribution in [3.8, 4) is 16.8 Å². The summed E-state index contributed by atoms with van der Waals surface area (Å²) < 4.78 is 2.48. The molecule has 9 aromatic rings. The zero-order chi connectivity index (χ0) is 99.9. The maximum atomic E-state index is 6.59. The number of nitrogens with zero attached hydrogens (tertiary/aromatic N) is 3. The first-order valence-corrected chi connectivity index (χ1v) is 396. The molecule has 0 spiro atoms. The fraction of sp³-hybridized carbons (Fsp3) is 0.342. The van der Waals surface area contributed by atoms with E-state index in [2.05, 4.69) is 824 Å². The summed E-state index contributed by atoms with van der Waals surface area (Å²) in [6.07, 6.45) is 11.2. The van der Waals surface area contributed by atoms with E-state index < -0.39 is 221 Å². The topological polar surface area (TPSA) is 11.4 Å². The predicted molar refractivity (Wildman–Crippen MR) is 1140 cm³/mol. The summed E-state index contributed by atoms with van der Waals surface area (Å²) in [6.45, 7) is 23.8. The minimum Gasteiger partial charge on any atom is -0.0619 e. The zero-order valence-electron chi connectivity index (χ0n) is 69.3. The van der Waals surface area contributed by atoms with Gasteiger partial charge < -0.3 is 14.4 Å². The van der Waals surface area contributed by atoms with Gasteiger partial charge in [-0.05, 0) is 162 Å². The van der Waals surface area contributed by atoms with Gasteiger partial charge in [0.1, 0.15) is 0 Å². The number of hydrogen-bond acceptors (Lipinski definition) is 2. The van der Waals surface area contributed by atoms with Crippen LogP contribution in [0, 0.1) is 0 Å². The normalized spacial score (nSPS) is 21.2. The Morgan fingerprint density at radius 3 is 0.815 bits per heavy atom. The summed E-state index contributed by atoms with van der Waals surface area (Å²) in [6, 6.07) is 67.2. The second-order valence-corrected chi connectivity index (χ2v) is 1400. The third-order valence-corrected chi connectivity index (χ3v) is 4480. The minimum absolute atomic E-state index is 0.0273.